The van der Waals surface area contributed by atoms with E-state index in [9.17, 15) is 85.4 Å². The minimum absolute atomic E-state index is 0.0119. The van der Waals surface area contributed by atoms with E-state index in [1.807, 2.05) is 127 Å². The van der Waals surface area contributed by atoms with Crippen molar-refractivity contribution in [2.75, 3.05) is 65.8 Å². The molecular weight excluding hydrogens is 1820 g/mol. The number of unbranched alkanes of at least 4 members (excludes halogenated alkanes) is 1. The second-order valence-electron chi connectivity index (χ2n) is 35.1. The number of ether oxygens (including phenoxy) is 4. The molecule has 8 heterocycles. The first-order chi connectivity index (χ1) is 67.7. The fraction of sp³-hybridized carbons (Fsp3) is 0.292. The average Bonchev–Trinajstić information content (AvgIpc) is 0.757. The summed E-state index contributed by atoms with van der Waals surface area (Å²) in [5, 5.41) is 49.0. The fourth-order valence-corrected chi connectivity index (χ4v) is 18.6. The highest BCUT2D eigenvalue weighted by Gasteiger charge is 2.46. The van der Waals surface area contributed by atoms with Gasteiger partial charge < -0.3 is 48.8 Å². The highest BCUT2D eigenvalue weighted by Crippen LogP contribution is 2.46. The zero-order valence-corrected chi connectivity index (χ0v) is 78.9. The fourth-order valence-electron chi connectivity index (χ4n) is 18.6. The smallest absolute Gasteiger partial charge is 0.502 e. The number of halogens is 5. The molecule has 9 aromatic carbocycles. The molecule has 4 aliphatic heterocycles. The first kappa shape index (κ1) is 101. The minimum atomic E-state index is -1.19. The standard InChI is InChI=1S/C32H29FN4O8.2C25H26FN3O3.C24H23F2N3O3/c1-4-35-17-25(28(21-8-5-7-19(2)13-21)22-9-6-10-23(33)15-22)36-29(31(35)39)30(26(38)16-34-36)43-18-44-32(40)45-27-12-11-24(37(41)42)14-20(27)3;1-15(2)13-28-14-20(29-23(25(28)32)24(31)21(30)12-27-29)22(17-7-4-6-16(3)10-17)18-8-5-9-19(26)11-18;1-4-28-15-20(29-23(25(28)31)24(32-5-2)21(30)14-27-29)22(17-9-6-8-16(3)12-17)18-10-7-11-19(26)13-18;1-2-3-10-28-14-19(29-22(24(28)32)23(31)20(30)13-27-29)21(15-6-4-8-17(25)11-15)16-7-5-9-18(26)12-16/h5-16,25,28H,4,17-18H2,1-3H3;4-12,15,20,22,31H,13-14H2,1-3H3;6-14,20,22H,4-5,15H2,1-3H3;4-9,11-13,19,21,31H,2-3,10,14H2,1H3. The Balaban J connectivity index is 0.000000151. The van der Waals surface area contributed by atoms with Crippen molar-refractivity contribution in [1.82, 2.24) is 58.7 Å². The Morgan fingerprint density at radius 1 is 0.418 bits per heavy atom. The van der Waals surface area contributed by atoms with Gasteiger partial charge in [-0.2, -0.15) is 20.4 Å². The van der Waals surface area contributed by atoms with Crippen LogP contribution >= 0.6 is 0 Å². The summed E-state index contributed by atoms with van der Waals surface area (Å²) in [4.78, 5) is 132. The molecule has 141 heavy (non-hydrogen) atoms. The molecule has 0 radical (unpaired) electrons. The van der Waals surface area contributed by atoms with Crippen molar-refractivity contribution in [2.24, 2.45) is 5.92 Å². The molecule has 4 amide bonds. The molecule has 30 nitrogen and oxygen atoms in total. The number of rotatable bonds is 26. The number of benzene rings is 9. The predicted octanol–water partition coefficient (Wildman–Crippen LogP) is 17.0. The van der Waals surface area contributed by atoms with Crippen molar-refractivity contribution >= 4 is 35.5 Å². The number of nitrogens with zero attached hydrogens (tertiary/aromatic N) is 13. The maximum atomic E-state index is 14.5. The van der Waals surface area contributed by atoms with E-state index in [2.05, 4.69) is 26.5 Å². The summed E-state index contributed by atoms with van der Waals surface area (Å²) in [5.74, 6) is -6.88. The lowest BCUT2D eigenvalue weighted by atomic mass is 9.83. The SMILES string of the molecule is CCCCN1CC(C(c2cccc(F)c2)c2cccc(F)c2)n2ncc(=O)c(O)c2C1=O.CCN1CC(C(c2cccc(C)c2)c2cccc(F)c2)n2ncc(=O)c(OCOC(=O)Oc3ccc([N+](=O)[O-])cc3C)c2C1=O.CCOc1c2n(ncc1=O)C(C(c1cccc(C)c1)c1cccc(F)c1)CN(CC)C2=O.Cc1cccc(C(c2cccc(F)c2)C2CN(CC(C)C)C(=O)c3c(O)c(=O)cnn32)c1. The zero-order valence-electron chi connectivity index (χ0n) is 78.9. The van der Waals surface area contributed by atoms with Gasteiger partial charge in [0.1, 0.15) is 34.8 Å². The number of aromatic hydroxyl groups is 2. The Labute approximate surface area is 807 Å². The molecule has 0 aliphatic carbocycles. The quantitative estimate of drug-likeness (QED) is 0.0127. The van der Waals surface area contributed by atoms with Crippen LogP contribution in [0.2, 0.25) is 0 Å². The number of nitro benzene ring substituents is 1. The van der Waals surface area contributed by atoms with E-state index in [-0.39, 0.29) is 107 Å². The van der Waals surface area contributed by atoms with E-state index in [0.717, 1.165) is 75.9 Å². The van der Waals surface area contributed by atoms with Crippen LogP contribution in [0.4, 0.5) is 32.4 Å². The van der Waals surface area contributed by atoms with E-state index in [4.69, 9.17) is 18.9 Å². The summed E-state index contributed by atoms with van der Waals surface area (Å²) in [6.45, 7) is 21.1. The molecule has 7 unspecified atom stereocenters. The maximum absolute atomic E-state index is 14.5. The number of carbonyl (C=O) groups excluding carboxylic acids is 5. The van der Waals surface area contributed by atoms with Crippen molar-refractivity contribution in [2.45, 2.75) is 130 Å². The van der Waals surface area contributed by atoms with Gasteiger partial charge in [0.05, 0.1) is 60.5 Å². The lowest BCUT2D eigenvalue weighted by molar-refractivity contribution is -0.384. The summed E-state index contributed by atoms with van der Waals surface area (Å²) < 4.78 is 98.4. The third kappa shape index (κ3) is 22.5. The van der Waals surface area contributed by atoms with Crippen molar-refractivity contribution in [3.8, 4) is 28.7 Å². The molecule has 0 bridgehead atoms. The summed E-state index contributed by atoms with van der Waals surface area (Å²) in [7, 11) is 0. The van der Waals surface area contributed by atoms with Crippen LogP contribution in [-0.2, 0) is 4.74 Å². The van der Waals surface area contributed by atoms with E-state index in [1.54, 1.807) is 86.7 Å². The van der Waals surface area contributed by atoms with Gasteiger partial charge in [0.15, 0.2) is 40.0 Å². The van der Waals surface area contributed by atoms with E-state index in [0.29, 0.717) is 61.5 Å². The Hall–Kier alpha value is -16.1. The highest BCUT2D eigenvalue weighted by molar-refractivity contribution is 5.98. The van der Waals surface area contributed by atoms with Crippen LogP contribution in [-0.4, -0.2) is 169 Å². The van der Waals surface area contributed by atoms with Crippen LogP contribution < -0.4 is 35.9 Å². The summed E-state index contributed by atoms with van der Waals surface area (Å²) in [6.07, 6.45) is 4.56. The number of nitro groups is 1. The number of hydrogen-bond donors (Lipinski definition) is 2. The van der Waals surface area contributed by atoms with Gasteiger partial charge in [-0.1, -0.05) is 177 Å². The number of aromatic nitrogens is 8. The number of fused-ring (bicyclic) bond motifs is 4. The Morgan fingerprint density at radius 3 is 1.06 bits per heavy atom. The summed E-state index contributed by atoms with van der Waals surface area (Å²) in [6, 6.07) is 56.4. The normalized spacial score (nSPS) is 15.9. The number of hydrogen-bond acceptors (Lipinski definition) is 21. The second kappa shape index (κ2) is 44.6. The van der Waals surface area contributed by atoms with Gasteiger partial charge in [-0.3, -0.25) is 67.2 Å². The van der Waals surface area contributed by atoms with Crippen molar-refractivity contribution < 1.29 is 80.0 Å². The summed E-state index contributed by atoms with van der Waals surface area (Å²) >= 11 is 0. The largest absolute Gasteiger partial charge is 0.516 e. The van der Waals surface area contributed by atoms with Gasteiger partial charge in [0, 0.05) is 88.2 Å². The van der Waals surface area contributed by atoms with Gasteiger partial charge in [-0.25, -0.2) is 26.7 Å². The van der Waals surface area contributed by atoms with Crippen LogP contribution in [0.15, 0.2) is 256 Å². The first-order valence-electron chi connectivity index (χ1n) is 46.0. The molecule has 17 rings (SSSR count). The number of carbonyl (C=O) groups is 5. The van der Waals surface area contributed by atoms with Crippen molar-refractivity contribution in [3.05, 3.63) is 407 Å². The lowest BCUT2D eigenvalue weighted by Gasteiger charge is -2.40. The molecule has 0 saturated carbocycles. The van der Waals surface area contributed by atoms with E-state index >= 15 is 0 Å². The topological polar surface area (TPSA) is 358 Å². The van der Waals surface area contributed by atoms with Gasteiger partial charge >= 0.3 is 6.16 Å². The van der Waals surface area contributed by atoms with E-state index in [1.165, 1.54) is 106 Å². The van der Waals surface area contributed by atoms with Crippen molar-refractivity contribution in [1.29, 1.82) is 0 Å². The predicted molar refractivity (Wildman–Crippen MR) is 513 cm³/mol. The van der Waals surface area contributed by atoms with Crippen LogP contribution in [0.3, 0.4) is 0 Å². The molecular formula is C106H104F5N13O17. The van der Waals surface area contributed by atoms with Gasteiger partial charge in [0.25, 0.3) is 29.3 Å². The lowest BCUT2D eigenvalue weighted by Crippen LogP contribution is -2.48. The average molecular weight is 1930 g/mol. The second-order valence-corrected chi connectivity index (χ2v) is 35.1. The Morgan fingerprint density at radius 2 is 0.738 bits per heavy atom. The molecule has 0 saturated heterocycles. The molecule has 0 fully saturated rings. The molecule has 4 aromatic heterocycles. The molecule has 7 atom stereocenters. The summed E-state index contributed by atoms with van der Waals surface area (Å²) in [5.41, 5.74) is 6.39. The number of aryl methyl sites for hydroxylation is 4. The van der Waals surface area contributed by atoms with E-state index < -0.39 is 116 Å². The molecule has 4 aliphatic rings. The van der Waals surface area contributed by atoms with Gasteiger partial charge in [-0.15, -0.1) is 0 Å². The van der Waals surface area contributed by atoms with Gasteiger partial charge in [0.2, 0.25) is 34.3 Å². The van der Waals surface area contributed by atoms with Crippen LogP contribution in [0, 0.1) is 72.8 Å². The number of amides is 4. The molecule has 2 N–H and O–H groups in total. The number of non-ortho nitro benzene ring substituents is 1. The minimum Gasteiger partial charge on any atom is -0.502 e. The zero-order chi connectivity index (χ0) is 101. The molecule has 730 valence electrons. The highest BCUT2D eigenvalue weighted by atomic mass is 19.1. The number of likely N-dealkylation sites (N-methyl/N-ethyl adjacent to an activating group) is 2. The van der Waals surface area contributed by atoms with Crippen molar-refractivity contribution in [3.63, 3.8) is 0 Å². The van der Waals surface area contributed by atoms with Gasteiger partial charge in [-0.05, 0) is 178 Å². The first-order valence-corrected chi connectivity index (χ1v) is 46.0. The monoisotopic (exact) mass is 1930 g/mol. The molecule has 0 spiro atoms. The third-order valence-electron chi connectivity index (χ3n) is 24.9. The molecule has 13 aromatic rings. The Kier molecular flexibility index (Phi) is 31.9. The Bertz CT molecular complexity index is 6950. The maximum Gasteiger partial charge on any atom is 0.516 e. The molecule has 35 heteroatoms. The van der Waals surface area contributed by atoms with Crippen LogP contribution in [0.5, 0.6) is 28.7 Å². The third-order valence-corrected chi connectivity index (χ3v) is 24.9. The van der Waals surface area contributed by atoms with Crippen LogP contribution in [0.1, 0.15) is 211 Å². The van der Waals surface area contributed by atoms with Crippen LogP contribution in [0.25, 0.3) is 0 Å².